The first-order chi connectivity index (χ1) is 11.5. The molecule has 0 radical (unpaired) electrons. The second-order valence-corrected chi connectivity index (χ2v) is 7.14. The molecule has 1 aliphatic heterocycles. The molecule has 1 aromatic carbocycles. The van der Waals surface area contributed by atoms with Gasteiger partial charge in [-0.3, -0.25) is 4.79 Å². The zero-order chi connectivity index (χ0) is 17.1. The summed E-state index contributed by atoms with van der Waals surface area (Å²) in [6.45, 7) is 0.930. The first-order valence-electron chi connectivity index (χ1n) is 8.41. The number of phenols is 1. The minimum Gasteiger partial charge on any atom is -0.504 e. The van der Waals surface area contributed by atoms with Crippen LogP contribution in [0.15, 0.2) is 24.0 Å². The zero-order valence-electron chi connectivity index (χ0n) is 14.3. The number of benzene rings is 1. The molecule has 4 rings (SSSR count). The number of hydrogen-bond donors (Lipinski definition) is 1. The van der Waals surface area contributed by atoms with Gasteiger partial charge < -0.3 is 19.5 Å². The number of phenolic OH excluding ortho intramolecular Hbond substituents is 1. The lowest BCUT2D eigenvalue weighted by Crippen LogP contribution is -2.60. The Labute approximate surface area is 141 Å². The Morgan fingerprint density at radius 3 is 2.75 bits per heavy atom. The Balaban J connectivity index is 2.00. The average molecular weight is 329 g/mol. The van der Waals surface area contributed by atoms with E-state index < -0.39 is 0 Å². The van der Waals surface area contributed by atoms with Crippen molar-refractivity contribution in [2.75, 3.05) is 27.8 Å². The van der Waals surface area contributed by atoms with Crippen LogP contribution in [-0.4, -0.2) is 49.6 Å². The molecule has 3 aliphatic rings. The smallest absolute Gasteiger partial charge is 0.197 e. The van der Waals surface area contributed by atoms with E-state index in [1.807, 2.05) is 12.1 Å². The molecule has 1 aromatic rings. The number of methoxy groups -OCH3 is 2. The summed E-state index contributed by atoms with van der Waals surface area (Å²) < 4.78 is 10.7. The van der Waals surface area contributed by atoms with Gasteiger partial charge in [0.2, 0.25) is 0 Å². The van der Waals surface area contributed by atoms with Crippen LogP contribution < -0.4 is 4.74 Å². The molecule has 5 nitrogen and oxygen atoms in total. The van der Waals surface area contributed by atoms with E-state index in [9.17, 15) is 9.90 Å². The van der Waals surface area contributed by atoms with Crippen LogP contribution in [-0.2, 0) is 21.4 Å². The van der Waals surface area contributed by atoms with Crippen LogP contribution in [0, 0.1) is 5.92 Å². The van der Waals surface area contributed by atoms with Crippen molar-refractivity contribution in [3.8, 4) is 11.5 Å². The molecule has 24 heavy (non-hydrogen) atoms. The number of allylic oxidation sites excluding steroid dienone is 2. The van der Waals surface area contributed by atoms with E-state index >= 15 is 0 Å². The summed E-state index contributed by atoms with van der Waals surface area (Å²) in [5.74, 6) is 1.34. The normalized spacial score (nSPS) is 31.8. The van der Waals surface area contributed by atoms with Crippen LogP contribution in [0.4, 0.5) is 0 Å². The molecule has 1 heterocycles. The number of hydrogen-bond acceptors (Lipinski definition) is 5. The van der Waals surface area contributed by atoms with Gasteiger partial charge in [0.05, 0.1) is 14.2 Å². The van der Waals surface area contributed by atoms with Crippen LogP contribution in [0.5, 0.6) is 11.5 Å². The molecule has 2 bridgehead atoms. The van der Waals surface area contributed by atoms with E-state index in [1.54, 1.807) is 14.2 Å². The largest absolute Gasteiger partial charge is 0.504 e. The standard InChI is InChI=1S/C19H23NO4/c1-20-7-6-19-10-16(24-3)14(21)9-12(19)13(20)8-11-4-5-15(23-2)18(22)17(11)19/h4-5,10,12-13,22H,6-9H2,1-3H3/t12-,13-,19+/m1/s1. The van der Waals surface area contributed by atoms with Crippen molar-refractivity contribution in [2.45, 2.75) is 30.7 Å². The monoisotopic (exact) mass is 329 g/mol. The van der Waals surface area contributed by atoms with Crippen molar-refractivity contribution in [1.29, 1.82) is 0 Å². The lowest BCUT2D eigenvalue weighted by Gasteiger charge is -2.56. The van der Waals surface area contributed by atoms with Gasteiger partial charge in [0.15, 0.2) is 23.0 Å². The SMILES string of the molecule is COC1=C[C@]23CCN(C)[C@H](Cc4ccc(OC)c(O)c42)[C@H]3CC1=O. The van der Waals surface area contributed by atoms with E-state index in [4.69, 9.17) is 9.47 Å². The topological polar surface area (TPSA) is 59.0 Å². The van der Waals surface area contributed by atoms with E-state index in [0.29, 0.717) is 24.0 Å². The Bertz CT molecular complexity index is 741. The van der Waals surface area contributed by atoms with Crippen LogP contribution in [0.2, 0.25) is 0 Å². The molecule has 0 unspecified atom stereocenters. The number of rotatable bonds is 2. The molecule has 0 amide bonds. The van der Waals surface area contributed by atoms with Crippen LogP contribution in [0.25, 0.3) is 0 Å². The van der Waals surface area contributed by atoms with Gasteiger partial charge in [-0.1, -0.05) is 6.07 Å². The number of ketones is 1. The van der Waals surface area contributed by atoms with E-state index in [1.165, 1.54) is 0 Å². The van der Waals surface area contributed by atoms with Gasteiger partial charge in [0.1, 0.15) is 0 Å². The Kier molecular flexibility index (Phi) is 3.39. The van der Waals surface area contributed by atoms with Crippen molar-refractivity contribution in [2.24, 2.45) is 5.92 Å². The molecule has 2 aliphatic carbocycles. The number of aromatic hydroxyl groups is 1. The average Bonchev–Trinajstić information content (AvgIpc) is 2.58. The first kappa shape index (κ1) is 15.5. The van der Waals surface area contributed by atoms with Gasteiger partial charge in [0.25, 0.3) is 0 Å². The number of likely N-dealkylation sites (N-methyl/N-ethyl adjacent to an activating group) is 1. The second kappa shape index (κ2) is 5.24. The van der Waals surface area contributed by atoms with Crippen molar-refractivity contribution < 1.29 is 19.4 Å². The third kappa shape index (κ3) is 1.88. The minimum atomic E-state index is -0.358. The summed E-state index contributed by atoms with van der Waals surface area (Å²) in [5.41, 5.74) is 1.71. The van der Waals surface area contributed by atoms with E-state index in [2.05, 4.69) is 18.0 Å². The Morgan fingerprint density at radius 1 is 1.25 bits per heavy atom. The number of ether oxygens (including phenoxy) is 2. The van der Waals surface area contributed by atoms with Gasteiger partial charge in [-0.2, -0.15) is 0 Å². The number of likely N-dealkylation sites (tertiary alicyclic amines) is 1. The fourth-order valence-electron chi connectivity index (χ4n) is 5.02. The molecule has 1 N–H and O–H groups in total. The summed E-state index contributed by atoms with van der Waals surface area (Å²) in [4.78, 5) is 14.8. The maximum atomic E-state index is 12.4. The molecule has 0 saturated carbocycles. The predicted octanol–water partition coefficient (Wildman–Crippen LogP) is 2.02. The van der Waals surface area contributed by atoms with Gasteiger partial charge in [0, 0.05) is 23.4 Å². The maximum Gasteiger partial charge on any atom is 0.197 e. The fraction of sp³-hybridized carbons (Fsp3) is 0.526. The number of fused-ring (bicyclic) bond motifs is 1. The first-order valence-corrected chi connectivity index (χ1v) is 8.41. The highest BCUT2D eigenvalue weighted by Crippen LogP contribution is 2.57. The second-order valence-electron chi connectivity index (χ2n) is 7.14. The number of Topliss-reactive ketones (excluding diaryl/α,β-unsaturated/α-hetero) is 1. The zero-order valence-corrected chi connectivity index (χ0v) is 14.3. The number of piperidine rings is 1. The number of nitrogens with zero attached hydrogens (tertiary/aromatic N) is 1. The van der Waals surface area contributed by atoms with Gasteiger partial charge in [-0.25, -0.2) is 0 Å². The quantitative estimate of drug-likeness (QED) is 0.899. The highest BCUT2D eigenvalue weighted by Gasteiger charge is 2.56. The molecule has 0 aromatic heterocycles. The third-order valence-corrected chi connectivity index (χ3v) is 6.20. The molecule has 128 valence electrons. The van der Waals surface area contributed by atoms with Gasteiger partial charge in [-0.15, -0.1) is 0 Å². The summed E-state index contributed by atoms with van der Waals surface area (Å²) in [7, 11) is 5.24. The predicted molar refractivity (Wildman–Crippen MR) is 89.3 cm³/mol. The molecule has 0 spiro atoms. The van der Waals surface area contributed by atoms with Crippen molar-refractivity contribution in [3.63, 3.8) is 0 Å². The molecule has 1 fully saturated rings. The van der Waals surface area contributed by atoms with Crippen molar-refractivity contribution in [1.82, 2.24) is 4.90 Å². The van der Waals surface area contributed by atoms with Crippen LogP contribution in [0.1, 0.15) is 24.0 Å². The summed E-state index contributed by atoms with van der Waals surface area (Å²) in [6.07, 6.45) is 4.14. The summed E-state index contributed by atoms with van der Waals surface area (Å²) in [6, 6.07) is 4.18. The van der Waals surface area contributed by atoms with E-state index in [-0.39, 0.29) is 22.9 Å². The highest BCUT2D eigenvalue weighted by molar-refractivity contribution is 5.95. The lowest BCUT2D eigenvalue weighted by molar-refractivity contribution is -0.122. The van der Waals surface area contributed by atoms with Crippen LogP contribution in [0.3, 0.4) is 0 Å². The molecular formula is C19H23NO4. The Hall–Kier alpha value is -2.01. The van der Waals surface area contributed by atoms with Gasteiger partial charge in [-0.05, 0) is 50.1 Å². The molecule has 5 heteroatoms. The Morgan fingerprint density at radius 2 is 2.04 bits per heavy atom. The number of carbonyl (C=O) groups excluding carboxylic acids is 1. The summed E-state index contributed by atoms with van der Waals surface area (Å²) in [5, 5.41) is 10.9. The maximum absolute atomic E-state index is 12.4. The lowest BCUT2D eigenvalue weighted by atomic mass is 9.54. The summed E-state index contributed by atoms with van der Waals surface area (Å²) >= 11 is 0. The van der Waals surface area contributed by atoms with Crippen molar-refractivity contribution in [3.05, 3.63) is 35.1 Å². The molecule has 1 saturated heterocycles. The minimum absolute atomic E-state index is 0.0595. The van der Waals surface area contributed by atoms with E-state index in [0.717, 1.165) is 30.5 Å². The number of carbonyl (C=O) groups is 1. The van der Waals surface area contributed by atoms with Crippen molar-refractivity contribution >= 4 is 5.78 Å². The fourth-order valence-corrected chi connectivity index (χ4v) is 5.02. The molecule has 3 atom stereocenters. The molecular weight excluding hydrogens is 306 g/mol. The third-order valence-electron chi connectivity index (χ3n) is 6.20. The van der Waals surface area contributed by atoms with Gasteiger partial charge >= 0.3 is 0 Å². The van der Waals surface area contributed by atoms with Crippen LogP contribution >= 0.6 is 0 Å². The highest BCUT2D eigenvalue weighted by atomic mass is 16.5.